The predicted octanol–water partition coefficient (Wildman–Crippen LogP) is 0.142. The predicted molar refractivity (Wildman–Crippen MR) is 84.4 cm³/mol. The van der Waals surface area contributed by atoms with Gasteiger partial charge in [0.2, 0.25) is 10.0 Å². The van der Waals surface area contributed by atoms with Crippen LogP contribution >= 0.6 is 11.3 Å². The van der Waals surface area contributed by atoms with Gasteiger partial charge in [-0.15, -0.1) is 11.3 Å². The maximum Gasteiger partial charge on any atom is 0.252 e. The van der Waals surface area contributed by atoms with Crippen molar-refractivity contribution in [2.75, 3.05) is 33.4 Å². The van der Waals surface area contributed by atoms with Gasteiger partial charge in [0.05, 0.1) is 12.2 Å². The van der Waals surface area contributed by atoms with Gasteiger partial charge >= 0.3 is 0 Å². The summed E-state index contributed by atoms with van der Waals surface area (Å²) in [4.78, 5) is 12.2. The molecule has 1 aliphatic heterocycles. The van der Waals surface area contributed by atoms with Crippen molar-refractivity contribution < 1.29 is 17.9 Å². The summed E-state index contributed by atoms with van der Waals surface area (Å²) in [5, 5.41) is 12.7. The highest BCUT2D eigenvalue weighted by Crippen LogP contribution is 2.28. The molecular weight excluding hydrogens is 326 g/mol. The van der Waals surface area contributed by atoms with E-state index >= 15 is 0 Å². The fourth-order valence-electron chi connectivity index (χ4n) is 2.59. The molecule has 0 spiro atoms. The van der Waals surface area contributed by atoms with E-state index in [2.05, 4.69) is 10.6 Å². The van der Waals surface area contributed by atoms with Crippen LogP contribution in [0, 0.1) is 5.41 Å². The van der Waals surface area contributed by atoms with Crippen LogP contribution in [0.15, 0.2) is 15.7 Å². The minimum Gasteiger partial charge on any atom is -0.384 e. The summed E-state index contributed by atoms with van der Waals surface area (Å²) < 4.78 is 27.8. The van der Waals surface area contributed by atoms with Crippen molar-refractivity contribution >= 4 is 27.3 Å². The first-order valence-corrected chi connectivity index (χ1v) is 9.38. The van der Waals surface area contributed by atoms with E-state index in [1.54, 1.807) is 7.11 Å². The van der Waals surface area contributed by atoms with Crippen LogP contribution in [0.4, 0.5) is 0 Å². The van der Waals surface area contributed by atoms with E-state index in [0.29, 0.717) is 18.7 Å². The molecular formula is C13H21N3O4S2. The number of carbonyl (C=O) groups is 1. The lowest BCUT2D eigenvalue weighted by atomic mass is 9.79. The molecule has 22 heavy (non-hydrogen) atoms. The van der Waals surface area contributed by atoms with Crippen molar-refractivity contribution in [2.45, 2.75) is 17.1 Å². The quantitative estimate of drug-likeness (QED) is 0.678. The highest BCUT2D eigenvalue weighted by Gasteiger charge is 2.32. The second-order valence-electron chi connectivity index (χ2n) is 5.57. The van der Waals surface area contributed by atoms with E-state index in [-0.39, 0.29) is 15.5 Å². The topological polar surface area (TPSA) is 111 Å². The van der Waals surface area contributed by atoms with Gasteiger partial charge in [-0.25, -0.2) is 13.6 Å². The van der Waals surface area contributed by atoms with Crippen LogP contribution in [0.3, 0.4) is 0 Å². The second-order valence-corrected chi connectivity index (χ2v) is 8.26. The number of ether oxygens (including phenoxy) is 1. The largest absolute Gasteiger partial charge is 0.384 e. The molecule has 0 unspecified atom stereocenters. The highest BCUT2D eigenvalue weighted by molar-refractivity contribution is 7.91. The number of carbonyl (C=O) groups excluding carboxylic acids is 1. The summed E-state index contributed by atoms with van der Waals surface area (Å²) in [6.07, 6.45) is 1.85. The number of rotatable bonds is 6. The van der Waals surface area contributed by atoms with Gasteiger partial charge < -0.3 is 15.4 Å². The SMILES string of the molecule is COCC1(CNC(=O)c2csc(S(N)(=O)=O)c2)CCNCC1. The van der Waals surface area contributed by atoms with E-state index in [4.69, 9.17) is 9.88 Å². The summed E-state index contributed by atoms with van der Waals surface area (Å²) >= 11 is 0.947. The van der Waals surface area contributed by atoms with Gasteiger partial charge in [-0.1, -0.05) is 0 Å². The standard InChI is InChI=1S/C13H21N3O4S2/c1-20-9-13(2-4-15-5-3-13)8-16-12(17)10-6-11(21-7-10)22(14,18)19/h6-7,15H,2-5,8-9H2,1H3,(H,16,17)(H2,14,18,19). The number of hydrogen-bond donors (Lipinski definition) is 3. The lowest BCUT2D eigenvalue weighted by molar-refractivity contribution is 0.0512. The first-order valence-electron chi connectivity index (χ1n) is 6.95. The average Bonchev–Trinajstić information content (AvgIpc) is 2.96. The zero-order valence-electron chi connectivity index (χ0n) is 12.4. The Morgan fingerprint density at radius 2 is 2.18 bits per heavy atom. The van der Waals surface area contributed by atoms with Gasteiger partial charge in [0.15, 0.2) is 0 Å². The molecule has 0 radical (unpaired) electrons. The molecule has 1 aromatic heterocycles. The third kappa shape index (κ3) is 4.26. The first-order chi connectivity index (χ1) is 10.4. The van der Waals surface area contributed by atoms with Gasteiger partial charge in [0.25, 0.3) is 5.91 Å². The summed E-state index contributed by atoms with van der Waals surface area (Å²) in [5.41, 5.74) is 0.240. The molecule has 0 saturated carbocycles. The molecule has 1 aromatic rings. The highest BCUT2D eigenvalue weighted by atomic mass is 32.2. The Morgan fingerprint density at radius 3 is 2.73 bits per heavy atom. The number of thiophene rings is 1. The molecule has 1 aliphatic rings. The van der Waals surface area contributed by atoms with E-state index in [9.17, 15) is 13.2 Å². The van der Waals surface area contributed by atoms with E-state index in [1.165, 1.54) is 11.4 Å². The number of nitrogens with two attached hydrogens (primary N) is 1. The Labute approximate surface area is 134 Å². The van der Waals surface area contributed by atoms with Gasteiger partial charge in [-0.05, 0) is 32.0 Å². The minimum atomic E-state index is -3.76. The third-order valence-corrected chi connectivity index (χ3v) is 6.24. The van der Waals surface area contributed by atoms with Gasteiger partial charge in [-0.2, -0.15) is 0 Å². The molecule has 9 heteroatoms. The fraction of sp³-hybridized carbons (Fsp3) is 0.615. The first kappa shape index (κ1) is 17.4. The van der Waals surface area contributed by atoms with E-state index in [1.807, 2.05) is 0 Å². The van der Waals surface area contributed by atoms with Gasteiger partial charge in [0, 0.05) is 24.4 Å². The van der Waals surface area contributed by atoms with Crippen LogP contribution < -0.4 is 15.8 Å². The Hall–Kier alpha value is -1.00. The number of nitrogens with one attached hydrogen (secondary N) is 2. The zero-order valence-corrected chi connectivity index (χ0v) is 14.1. The summed E-state index contributed by atoms with van der Waals surface area (Å²) in [6.45, 7) is 2.88. The van der Waals surface area contributed by atoms with Crippen molar-refractivity contribution in [3.63, 3.8) is 0 Å². The van der Waals surface area contributed by atoms with Crippen molar-refractivity contribution in [1.82, 2.24) is 10.6 Å². The molecule has 2 rings (SSSR count). The molecule has 0 bridgehead atoms. The van der Waals surface area contributed by atoms with Crippen molar-refractivity contribution in [1.29, 1.82) is 0 Å². The van der Waals surface area contributed by atoms with Crippen LogP contribution in [0.25, 0.3) is 0 Å². The molecule has 7 nitrogen and oxygen atoms in total. The monoisotopic (exact) mass is 347 g/mol. The summed E-state index contributed by atoms with van der Waals surface area (Å²) in [7, 11) is -2.11. The van der Waals surface area contributed by atoms with Crippen molar-refractivity contribution in [2.24, 2.45) is 10.6 Å². The van der Waals surface area contributed by atoms with E-state index < -0.39 is 10.0 Å². The number of piperidine rings is 1. The maximum absolute atomic E-state index is 12.2. The number of hydrogen-bond acceptors (Lipinski definition) is 6. The maximum atomic E-state index is 12.2. The number of methoxy groups -OCH3 is 1. The number of sulfonamides is 1. The molecule has 0 atom stereocenters. The number of amides is 1. The van der Waals surface area contributed by atoms with Crippen molar-refractivity contribution in [3.8, 4) is 0 Å². The Kier molecular flexibility index (Phi) is 5.56. The normalized spacial score (nSPS) is 18.1. The fourth-order valence-corrected chi connectivity index (χ4v) is 4.18. The molecule has 1 amide bonds. The lowest BCUT2D eigenvalue weighted by Crippen LogP contribution is -2.47. The molecule has 124 valence electrons. The summed E-state index contributed by atoms with van der Waals surface area (Å²) in [6, 6.07) is 1.31. The summed E-state index contributed by atoms with van der Waals surface area (Å²) in [5.74, 6) is -0.292. The molecule has 4 N–H and O–H groups in total. The zero-order chi connectivity index (χ0) is 16.2. The third-order valence-electron chi connectivity index (χ3n) is 3.86. The molecule has 2 heterocycles. The molecule has 1 saturated heterocycles. The van der Waals surface area contributed by atoms with Gasteiger partial charge in [0.1, 0.15) is 4.21 Å². The Morgan fingerprint density at radius 1 is 1.50 bits per heavy atom. The Bertz CT molecular complexity index is 615. The van der Waals surface area contributed by atoms with Crippen molar-refractivity contribution in [3.05, 3.63) is 17.0 Å². The lowest BCUT2D eigenvalue weighted by Gasteiger charge is -2.37. The van der Waals surface area contributed by atoms with E-state index in [0.717, 1.165) is 37.3 Å². The second kappa shape index (κ2) is 7.05. The minimum absolute atomic E-state index is 0.00822. The number of primary sulfonamides is 1. The Balaban J connectivity index is 2.00. The molecule has 1 fully saturated rings. The molecule has 0 aromatic carbocycles. The van der Waals surface area contributed by atoms with Crippen LogP contribution in [0.5, 0.6) is 0 Å². The van der Waals surface area contributed by atoms with Crippen LogP contribution in [-0.2, 0) is 14.8 Å². The van der Waals surface area contributed by atoms with Crippen LogP contribution in [-0.4, -0.2) is 47.7 Å². The van der Waals surface area contributed by atoms with Crippen LogP contribution in [0.1, 0.15) is 23.2 Å². The molecule has 0 aliphatic carbocycles. The van der Waals surface area contributed by atoms with Gasteiger partial charge in [-0.3, -0.25) is 4.79 Å². The average molecular weight is 347 g/mol. The van der Waals surface area contributed by atoms with Crippen LogP contribution in [0.2, 0.25) is 0 Å². The smallest absolute Gasteiger partial charge is 0.252 e.